The third-order valence-electron chi connectivity index (χ3n) is 4.68. The van der Waals surface area contributed by atoms with Crippen LogP contribution in [-0.2, 0) is 6.61 Å². The fraction of sp³-hybridized carbons (Fsp3) is 0.125. The van der Waals surface area contributed by atoms with Crippen LogP contribution < -0.4 is 19.8 Å². The van der Waals surface area contributed by atoms with Crippen LogP contribution in [0.2, 0.25) is 0 Å². The molecule has 0 radical (unpaired) electrons. The lowest BCUT2D eigenvalue weighted by Gasteiger charge is -2.10. The van der Waals surface area contributed by atoms with Gasteiger partial charge in [0.25, 0.3) is 0 Å². The van der Waals surface area contributed by atoms with E-state index in [1.165, 1.54) is 6.07 Å². The Morgan fingerprint density at radius 2 is 1.38 bits per heavy atom. The van der Waals surface area contributed by atoms with Gasteiger partial charge in [-0.25, -0.2) is 4.79 Å². The predicted octanol–water partition coefficient (Wildman–Crippen LogP) is 5.06. The molecule has 0 aliphatic carbocycles. The molecule has 5 heteroatoms. The van der Waals surface area contributed by atoms with Crippen molar-refractivity contribution in [2.24, 2.45) is 0 Å². The second kappa shape index (κ2) is 8.10. The van der Waals surface area contributed by atoms with Gasteiger partial charge in [0.15, 0.2) is 0 Å². The van der Waals surface area contributed by atoms with Crippen molar-refractivity contribution in [3.63, 3.8) is 0 Å². The highest BCUT2D eigenvalue weighted by Crippen LogP contribution is 2.31. The Labute approximate surface area is 168 Å². The summed E-state index contributed by atoms with van der Waals surface area (Å²) in [5, 5.41) is 0.839. The van der Waals surface area contributed by atoms with Gasteiger partial charge in [0.05, 0.1) is 14.2 Å². The van der Waals surface area contributed by atoms with Crippen LogP contribution in [0.5, 0.6) is 17.2 Å². The Bertz CT molecular complexity index is 1170. The molecule has 0 amide bonds. The first-order chi connectivity index (χ1) is 14.2. The van der Waals surface area contributed by atoms with Crippen LogP contribution in [0.3, 0.4) is 0 Å². The molecule has 1 heterocycles. The molecule has 0 spiro atoms. The molecule has 0 bridgehead atoms. The molecule has 3 aromatic carbocycles. The van der Waals surface area contributed by atoms with E-state index in [0.29, 0.717) is 17.9 Å². The monoisotopic (exact) mass is 388 g/mol. The summed E-state index contributed by atoms with van der Waals surface area (Å²) in [4.78, 5) is 12.1. The molecule has 0 fully saturated rings. The molecule has 0 aliphatic rings. The van der Waals surface area contributed by atoms with Crippen molar-refractivity contribution in [2.75, 3.05) is 14.2 Å². The zero-order valence-corrected chi connectivity index (χ0v) is 16.2. The van der Waals surface area contributed by atoms with Crippen molar-refractivity contribution in [3.8, 4) is 28.4 Å². The van der Waals surface area contributed by atoms with Crippen LogP contribution in [0, 0.1) is 0 Å². The minimum atomic E-state index is -0.407. The maximum atomic E-state index is 12.1. The van der Waals surface area contributed by atoms with Crippen molar-refractivity contribution in [3.05, 3.63) is 88.8 Å². The predicted molar refractivity (Wildman–Crippen MR) is 112 cm³/mol. The van der Waals surface area contributed by atoms with Crippen molar-refractivity contribution < 1.29 is 18.6 Å². The van der Waals surface area contributed by atoms with Gasteiger partial charge in [-0.3, -0.25) is 0 Å². The highest BCUT2D eigenvalue weighted by molar-refractivity contribution is 5.93. The van der Waals surface area contributed by atoms with E-state index in [4.69, 9.17) is 18.6 Å². The Kier molecular flexibility index (Phi) is 5.20. The van der Waals surface area contributed by atoms with Crippen LogP contribution in [0.1, 0.15) is 5.56 Å². The summed E-state index contributed by atoms with van der Waals surface area (Å²) >= 11 is 0. The van der Waals surface area contributed by atoms with Crippen molar-refractivity contribution in [2.45, 2.75) is 6.61 Å². The van der Waals surface area contributed by atoms with E-state index in [9.17, 15) is 4.79 Å². The van der Waals surface area contributed by atoms with E-state index in [1.807, 2.05) is 60.7 Å². The van der Waals surface area contributed by atoms with Crippen LogP contribution in [-0.4, -0.2) is 14.2 Å². The lowest BCUT2D eigenvalue weighted by molar-refractivity contribution is 0.306. The highest BCUT2D eigenvalue weighted by atomic mass is 16.5. The quantitative estimate of drug-likeness (QED) is 0.432. The average Bonchev–Trinajstić information content (AvgIpc) is 2.77. The first-order valence-electron chi connectivity index (χ1n) is 9.14. The number of benzene rings is 3. The summed E-state index contributed by atoms with van der Waals surface area (Å²) in [7, 11) is 3.25. The maximum Gasteiger partial charge on any atom is 0.336 e. The highest BCUT2D eigenvalue weighted by Gasteiger charge is 2.10. The molecule has 5 nitrogen and oxygen atoms in total. The van der Waals surface area contributed by atoms with Crippen LogP contribution in [0.25, 0.3) is 22.1 Å². The third kappa shape index (κ3) is 4.09. The van der Waals surface area contributed by atoms with E-state index < -0.39 is 5.63 Å². The fourth-order valence-electron chi connectivity index (χ4n) is 3.13. The molecule has 4 rings (SSSR count). The van der Waals surface area contributed by atoms with Crippen molar-refractivity contribution in [1.29, 1.82) is 0 Å². The Morgan fingerprint density at radius 3 is 2.03 bits per heavy atom. The van der Waals surface area contributed by atoms with Crippen molar-refractivity contribution >= 4 is 11.0 Å². The second-order valence-corrected chi connectivity index (χ2v) is 6.50. The van der Waals surface area contributed by atoms with Gasteiger partial charge in [0, 0.05) is 17.5 Å². The summed E-state index contributed by atoms with van der Waals surface area (Å²) in [5.41, 5.74) is 2.81. The summed E-state index contributed by atoms with van der Waals surface area (Å²) < 4.78 is 21.7. The Balaban J connectivity index is 1.62. The molecule has 29 heavy (non-hydrogen) atoms. The van der Waals surface area contributed by atoms with Gasteiger partial charge < -0.3 is 18.6 Å². The van der Waals surface area contributed by atoms with Gasteiger partial charge in [-0.05, 0) is 53.1 Å². The summed E-state index contributed by atoms with van der Waals surface area (Å²) in [6, 6.07) is 22.3. The first-order valence-corrected chi connectivity index (χ1v) is 9.14. The molecule has 4 aromatic rings. The zero-order chi connectivity index (χ0) is 20.2. The maximum absolute atomic E-state index is 12.1. The molecule has 0 atom stereocenters. The Hall–Kier alpha value is -3.73. The minimum Gasteiger partial charge on any atom is -0.497 e. The zero-order valence-electron chi connectivity index (χ0n) is 16.2. The van der Waals surface area contributed by atoms with Gasteiger partial charge in [0.2, 0.25) is 0 Å². The van der Waals surface area contributed by atoms with Crippen LogP contribution >= 0.6 is 0 Å². The number of methoxy groups -OCH3 is 2. The minimum absolute atomic E-state index is 0.401. The first kappa shape index (κ1) is 18.6. The summed E-state index contributed by atoms with van der Waals surface area (Å²) in [5.74, 6) is 2.19. The van der Waals surface area contributed by atoms with Crippen molar-refractivity contribution in [1.82, 2.24) is 0 Å². The number of rotatable bonds is 6. The van der Waals surface area contributed by atoms with Crippen LogP contribution in [0.15, 0.2) is 82.0 Å². The molecular weight excluding hydrogens is 368 g/mol. The molecule has 0 saturated carbocycles. The van der Waals surface area contributed by atoms with Crippen LogP contribution in [0.4, 0.5) is 0 Å². The third-order valence-corrected chi connectivity index (χ3v) is 4.68. The van der Waals surface area contributed by atoms with E-state index in [-0.39, 0.29) is 0 Å². The van der Waals surface area contributed by atoms with Gasteiger partial charge in [0.1, 0.15) is 29.4 Å². The van der Waals surface area contributed by atoms with E-state index in [0.717, 1.165) is 33.6 Å². The molecular formula is C24H20O5. The largest absolute Gasteiger partial charge is 0.497 e. The van der Waals surface area contributed by atoms with E-state index in [1.54, 1.807) is 20.3 Å². The molecule has 0 N–H and O–H groups in total. The van der Waals surface area contributed by atoms with Gasteiger partial charge >= 0.3 is 5.63 Å². The summed E-state index contributed by atoms with van der Waals surface area (Å²) in [6.07, 6.45) is 0. The van der Waals surface area contributed by atoms with E-state index in [2.05, 4.69) is 0 Å². The lowest BCUT2D eigenvalue weighted by atomic mass is 10.0. The molecule has 0 saturated heterocycles. The smallest absolute Gasteiger partial charge is 0.336 e. The van der Waals surface area contributed by atoms with Gasteiger partial charge in [-0.15, -0.1) is 0 Å². The lowest BCUT2D eigenvalue weighted by Crippen LogP contribution is -1.99. The fourth-order valence-corrected chi connectivity index (χ4v) is 3.13. The molecule has 1 aromatic heterocycles. The number of hydrogen-bond acceptors (Lipinski definition) is 5. The van der Waals surface area contributed by atoms with Gasteiger partial charge in [-0.1, -0.05) is 24.3 Å². The number of fused-ring (bicyclic) bond motifs is 1. The van der Waals surface area contributed by atoms with E-state index >= 15 is 0 Å². The SMILES string of the molecule is COc1ccc(COc2ccc3c(-c4ccc(OC)cc4)cc(=O)oc3c2)cc1. The molecule has 0 unspecified atom stereocenters. The standard InChI is InChI=1S/C24H20O5/c1-26-18-7-3-16(4-8-18)15-28-20-11-12-21-22(14-24(25)29-23(21)13-20)17-5-9-19(27-2)10-6-17/h3-14H,15H2,1-2H3. The number of hydrogen-bond donors (Lipinski definition) is 0. The average molecular weight is 388 g/mol. The normalized spacial score (nSPS) is 10.7. The molecule has 146 valence electrons. The van der Waals surface area contributed by atoms with Gasteiger partial charge in [-0.2, -0.15) is 0 Å². The Morgan fingerprint density at radius 1 is 0.759 bits per heavy atom. The molecule has 0 aliphatic heterocycles. The topological polar surface area (TPSA) is 57.9 Å². The number of ether oxygens (including phenoxy) is 3. The second-order valence-electron chi connectivity index (χ2n) is 6.50. The summed E-state index contributed by atoms with van der Waals surface area (Å²) in [6.45, 7) is 0.401.